The molecule has 0 saturated heterocycles. The Morgan fingerprint density at radius 2 is 0.952 bits per heavy atom. The third-order valence-corrected chi connectivity index (χ3v) is 11.0. The van der Waals surface area contributed by atoms with E-state index in [1.165, 1.54) is 42.9 Å². The van der Waals surface area contributed by atoms with Gasteiger partial charge in [-0.2, -0.15) is 0 Å². The van der Waals surface area contributed by atoms with E-state index in [0.29, 0.717) is 24.7 Å². The number of aryl methyl sites for hydroxylation is 2. The fourth-order valence-corrected chi connectivity index (χ4v) is 7.91. The summed E-state index contributed by atoms with van der Waals surface area (Å²) < 4.78 is 27.2. The third-order valence-electron chi connectivity index (χ3n) is 10.8. The molecule has 0 aliphatic rings. The second-order valence-corrected chi connectivity index (χ2v) is 20.1. The topological polar surface area (TPSA) is 64.7 Å². The van der Waals surface area contributed by atoms with Crippen LogP contribution >= 0.6 is 11.6 Å². The molecule has 4 aromatic rings. The molecular formula is C54H77ClF2N4O2. The number of amides is 4. The van der Waals surface area contributed by atoms with E-state index in [2.05, 4.69) is 115 Å². The van der Waals surface area contributed by atoms with Crippen LogP contribution in [0.25, 0.3) is 0 Å². The average Bonchev–Trinajstić information content (AvgIpc) is 3.19. The molecule has 0 aromatic heterocycles. The van der Waals surface area contributed by atoms with E-state index in [1.807, 2.05) is 30.9 Å². The quantitative estimate of drug-likeness (QED) is 0.0869. The number of rotatable bonds is 20. The highest BCUT2D eigenvalue weighted by Crippen LogP contribution is 2.27. The van der Waals surface area contributed by atoms with Crippen molar-refractivity contribution in [2.75, 3.05) is 23.7 Å². The van der Waals surface area contributed by atoms with Crippen molar-refractivity contribution in [3.05, 3.63) is 129 Å². The van der Waals surface area contributed by atoms with Gasteiger partial charge in [0.1, 0.15) is 11.6 Å². The number of halogens is 3. The second-order valence-electron chi connectivity index (χ2n) is 19.7. The predicted octanol–water partition coefficient (Wildman–Crippen LogP) is 16.1. The molecule has 0 heterocycles. The number of nitrogens with one attached hydrogen (secondary N) is 2. The summed E-state index contributed by atoms with van der Waals surface area (Å²) in [6.07, 6.45) is 13.3. The molecule has 346 valence electrons. The number of carbonyl (C=O) groups excluding carboxylic acids is 2. The Labute approximate surface area is 384 Å². The molecule has 0 aliphatic carbocycles. The molecule has 9 heteroatoms. The molecule has 4 rings (SSSR count). The lowest BCUT2D eigenvalue weighted by Gasteiger charge is -2.25. The number of urea groups is 2. The van der Waals surface area contributed by atoms with Crippen LogP contribution in [0.1, 0.15) is 153 Å². The van der Waals surface area contributed by atoms with Crippen LogP contribution in [0.15, 0.2) is 78.9 Å². The SMILES string of the molecule is CCCCCCCN(Cc1ccc(CC(C)(C)C)cc1)C(=O)Nc1c(C)cc(Cl)cc1C.CCCCCCCN(Cc1ccc(CC(C)(C)C)cc1)C(=O)Nc1ccc(F)cc1F. The number of unbranched alkanes of at least 4 members (excludes halogenated alkanes) is 8. The van der Waals surface area contributed by atoms with E-state index >= 15 is 0 Å². The number of carbonyl (C=O) groups is 2. The first-order valence-electron chi connectivity index (χ1n) is 23.3. The summed E-state index contributed by atoms with van der Waals surface area (Å²) in [5.41, 5.74) is 8.08. The van der Waals surface area contributed by atoms with Crippen LogP contribution in [0.5, 0.6) is 0 Å². The van der Waals surface area contributed by atoms with Crippen molar-refractivity contribution in [1.29, 1.82) is 0 Å². The lowest BCUT2D eigenvalue weighted by Crippen LogP contribution is -2.35. The van der Waals surface area contributed by atoms with Gasteiger partial charge >= 0.3 is 12.1 Å². The maximum atomic E-state index is 14.0. The minimum atomic E-state index is -0.775. The molecule has 0 radical (unpaired) electrons. The van der Waals surface area contributed by atoms with E-state index in [0.717, 1.165) is 98.0 Å². The number of nitrogens with zero attached hydrogens (tertiary/aromatic N) is 2. The van der Waals surface area contributed by atoms with Gasteiger partial charge in [0.15, 0.2) is 0 Å². The van der Waals surface area contributed by atoms with Crippen molar-refractivity contribution in [1.82, 2.24) is 9.80 Å². The fraction of sp³-hybridized carbons (Fsp3) is 0.519. The van der Waals surface area contributed by atoms with Crippen LogP contribution in [-0.2, 0) is 25.9 Å². The molecule has 0 fully saturated rings. The standard InChI is InChI=1S/C28H41ClN2O.C26H36F2N2O/c1-7-8-9-10-11-16-31(20-24-14-12-23(13-15-24)19-28(4,5)6)27(32)30-26-21(2)17-25(29)18-22(26)3;1-5-6-7-8-9-16-30(25(31)29-24-15-14-22(27)17-23(24)28)19-21-12-10-20(11-13-21)18-26(2,3)4/h12-15,17-18H,7-11,16,19-20H2,1-6H3,(H,30,32);10-15,17H,5-9,16,18-19H2,1-4H3,(H,29,31). The lowest BCUT2D eigenvalue weighted by atomic mass is 9.88. The summed E-state index contributed by atoms with van der Waals surface area (Å²) in [5.74, 6) is -1.44. The minimum absolute atomic E-state index is 0.0112. The van der Waals surface area contributed by atoms with E-state index in [9.17, 15) is 18.4 Å². The van der Waals surface area contributed by atoms with Gasteiger partial charge in [-0.3, -0.25) is 0 Å². The number of anilines is 2. The van der Waals surface area contributed by atoms with Crippen LogP contribution in [0.3, 0.4) is 0 Å². The van der Waals surface area contributed by atoms with Crippen LogP contribution in [0.4, 0.5) is 29.7 Å². The maximum Gasteiger partial charge on any atom is 0.322 e. The van der Waals surface area contributed by atoms with Gasteiger partial charge in [0.25, 0.3) is 0 Å². The van der Waals surface area contributed by atoms with Crippen molar-refractivity contribution in [2.24, 2.45) is 10.8 Å². The number of hydrogen-bond acceptors (Lipinski definition) is 2. The fourth-order valence-electron chi connectivity index (χ4n) is 7.59. The number of benzene rings is 4. The summed E-state index contributed by atoms with van der Waals surface area (Å²) in [4.78, 5) is 29.8. The Morgan fingerprint density at radius 3 is 1.35 bits per heavy atom. The third kappa shape index (κ3) is 20.7. The van der Waals surface area contributed by atoms with Gasteiger partial charge in [-0.25, -0.2) is 18.4 Å². The summed E-state index contributed by atoms with van der Waals surface area (Å²) >= 11 is 6.17. The molecule has 0 aliphatic heterocycles. The Morgan fingerprint density at radius 1 is 0.556 bits per heavy atom. The molecule has 4 amide bonds. The van der Waals surface area contributed by atoms with Crippen molar-refractivity contribution in [3.8, 4) is 0 Å². The minimum Gasteiger partial charge on any atom is -0.320 e. The zero-order chi connectivity index (χ0) is 46.6. The van der Waals surface area contributed by atoms with Crippen LogP contribution in [0, 0.1) is 36.3 Å². The molecule has 0 spiro atoms. The summed E-state index contributed by atoms with van der Waals surface area (Å²) in [5, 5.41) is 6.44. The second kappa shape index (κ2) is 26.4. The van der Waals surface area contributed by atoms with Gasteiger partial charge in [-0.1, -0.05) is 167 Å². The maximum absolute atomic E-state index is 14.0. The van der Waals surface area contributed by atoms with Gasteiger partial charge in [0, 0.05) is 43.0 Å². The molecule has 6 nitrogen and oxygen atoms in total. The average molecular weight is 888 g/mol. The molecule has 0 atom stereocenters. The highest BCUT2D eigenvalue weighted by molar-refractivity contribution is 6.30. The normalized spacial score (nSPS) is 11.4. The van der Waals surface area contributed by atoms with Crippen LogP contribution in [0.2, 0.25) is 5.02 Å². The zero-order valence-corrected chi connectivity index (χ0v) is 40.9. The smallest absolute Gasteiger partial charge is 0.320 e. The Kier molecular flexibility index (Phi) is 22.2. The molecule has 63 heavy (non-hydrogen) atoms. The zero-order valence-electron chi connectivity index (χ0n) is 40.2. The van der Waals surface area contributed by atoms with Gasteiger partial charge in [-0.05, 0) is 108 Å². The van der Waals surface area contributed by atoms with E-state index < -0.39 is 11.6 Å². The van der Waals surface area contributed by atoms with E-state index in [1.54, 1.807) is 4.90 Å². The van der Waals surface area contributed by atoms with Crippen LogP contribution in [-0.4, -0.2) is 35.0 Å². The largest absolute Gasteiger partial charge is 0.322 e. The van der Waals surface area contributed by atoms with E-state index in [-0.39, 0.29) is 28.6 Å². The van der Waals surface area contributed by atoms with Crippen molar-refractivity contribution < 1.29 is 18.4 Å². The summed E-state index contributed by atoms with van der Waals surface area (Å²) in [7, 11) is 0. The van der Waals surface area contributed by atoms with Crippen LogP contribution < -0.4 is 10.6 Å². The van der Waals surface area contributed by atoms with Gasteiger partial charge in [0.2, 0.25) is 0 Å². The molecule has 0 bridgehead atoms. The Hall–Kier alpha value is -4.43. The highest BCUT2D eigenvalue weighted by atomic mass is 35.5. The number of hydrogen-bond donors (Lipinski definition) is 2. The molecule has 2 N–H and O–H groups in total. The highest BCUT2D eigenvalue weighted by Gasteiger charge is 2.19. The first-order chi connectivity index (χ1) is 29.8. The Balaban J connectivity index is 0.000000335. The predicted molar refractivity (Wildman–Crippen MR) is 263 cm³/mol. The molecular weight excluding hydrogens is 810 g/mol. The Bertz CT molecular complexity index is 1960. The van der Waals surface area contributed by atoms with Crippen molar-refractivity contribution in [2.45, 2.75) is 159 Å². The van der Waals surface area contributed by atoms with Gasteiger partial charge in [0.05, 0.1) is 5.69 Å². The van der Waals surface area contributed by atoms with Gasteiger partial charge in [-0.15, -0.1) is 0 Å². The first kappa shape index (κ1) is 52.9. The van der Waals surface area contributed by atoms with Crippen molar-refractivity contribution >= 4 is 35.0 Å². The summed E-state index contributed by atoms with van der Waals surface area (Å²) in [6.45, 7) is 24.1. The van der Waals surface area contributed by atoms with Crippen molar-refractivity contribution in [3.63, 3.8) is 0 Å². The molecule has 0 unspecified atom stereocenters. The summed E-state index contributed by atoms with van der Waals surface area (Å²) in [6, 6.07) is 23.6. The first-order valence-corrected chi connectivity index (χ1v) is 23.6. The molecule has 4 aromatic carbocycles. The van der Waals surface area contributed by atoms with Gasteiger partial charge < -0.3 is 20.4 Å². The molecule has 0 saturated carbocycles. The monoisotopic (exact) mass is 887 g/mol. The lowest BCUT2D eigenvalue weighted by molar-refractivity contribution is 0.207. The van der Waals surface area contributed by atoms with E-state index in [4.69, 9.17) is 11.6 Å².